The van der Waals surface area contributed by atoms with Crippen LogP contribution in [0.4, 0.5) is 15.9 Å². The summed E-state index contributed by atoms with van der Waals surface area (Å²) in [6, 6.07) is 6.14. The molecule has 2 atom stereocenters. The average molecular weight is 427 g/mol. The van der Waals surface area contributed by atoms with Crippen LogP contribution in [-0.4, -0.2) is 20.0 Å². The van der Waals surface area contributed by atoms with E-state index in [4.69, 9.17) is 0 Å². The Balaban J connectivity index is 1.27. The number of nitrogens with zero attached hydrogens (tertiary/aromatic N) is 3. The van der Waals surface area contributed by atoms with Crippen molar-refractivity contribution in [3.8, 4) is 0 Å². The van der Waals surface area contributed by atoms with Gasteiger partial charge in [0.25, 0.3) is 0 Å². The lowest BCUT2D eigenvalue weighted by Gasteiger charge is -2.16. The van der Waals surface area contributed by atoms with E-state index in [9.17, 15) is 4.39 Å². The Hall–Kier alpha value is -2.32. The van der Waals surface area contributed by atoms with E-state index in [1.165, 1.54) is 17.5 Å². The lowest BCUT2D eigenvalue weighted by molar-refractivity contribution is 0.458. The Kier molecular flexibility index (Phi) is 4.86. The molecule has 1 aromatic carbocycles. The zero-order valence-electron chi connectivity index (χ0n) is 17.5. The van der Waals surface area contributed by atoms with Crippen molar-refractivity contribution in [2.45, 2.75) is 68.8 Å². The van der Waals surface area contributed by atoms with Gasteiger partial charge >= 0.3 is 0 Å². The molecule has 1 saturated carbocycles. The minimum Gasteiger partial charge on any atom is -0.336 e. The smallest absolute Gasteiger partial charge is 0.152 e. The van der Waals surface area contributed by atoms with E-state index in [2.05, 4.69) is 57.0 Å². The van der Waals surface area contributed by atoms with Gasteiger partial charge in [0.1, 0.15) is 0 Å². The Morgan fingerprint density at radius 1 is 1.27 bits per heavy atom. The van der Waals surface area contributed by atoms with Crippen molar-refractivity contribution in [1.82, 2.24) is 24.7 Å². The van der Waals surface area contributed by atoms with Crippen LogP contribution in [-0.2, 0) is 12.0 Å². The summed E-state index contributed by atoms with van der Waals surface area (Å²) in [5.41, 5.74) is 3.66. The molecular weight excluding hydrogens is 399 g/mol. The number of aromatic nitrogens is 4. The van der Waals surface area contributed by atoms with Crippen molar-refractivity contribution in [3.63, 3.8) is 0 Å². The summed E-state index contributed by atoms with van der Waals surface area (Å²) in [6.45, 7) is 7.18. The number of benzene rings is 1. The molecular formula is C22H27FN6S. The van der Waals surface area contributed by atoms with E-state index in [0.29, 0.717) is 35.6 Å². The number of fused-ring (bicyclic) bond motifs is 1. The summed E-state index contributed by atoms with van der Waals surface area (Å²) in [5.74, 6) is 0.856. The fourth-order valence-corrected chi connectivity index (χ4v) is 5.09. The molecule has 0 radical (unpaired) electrons. The van der Waals surface area contributed by atoms with Crippen LogP contribution >= 0.6 is 11.9 Å². The first kappa shape index (κ1) is 19.6. The van der Waals surface area contributed by atoms with Gasteiger partial charge < -0.3 is 5.32 Å². The predicted octanol–water partition coefficient (Wildman–Crippen LogP) is 5.41. The topological polar surface area (TPSA) is 70.6 Å². The summed E-state index contributed by atoms with van der Waals surface area (Å²) < 4.78 is 20.0. The number of nitrogens with one attached hydrogen (secondary N) is 3. The molecule has 8 heteroatoms. The largest absolute Gasteiger partial charge is 0.336 e. The van der Waals surface area contributed by atoms with Gasteiger partial charge in [-0.3, -0.25) is 14.5 Å². The van der Waals surface area contributed by atoms with E-state index < -0.39 is 0 Å². The molecule has 3 N–H and O–H groups in total. The third-order valence-corrected chi connectivity index (χ3v) is 7.07. The maximum absolute atomic E-state index is 14.7. The normalized spacial score (nSPS) is 21.2. The zero-order chi connectivity index (χ0) is 20.9. The highest BCUT2D eigenvalue weighted by Crippen LogP contribution is 2.41. The number of hydrogen-bond acceptors (Lipinski definition) is 5. The second-order valence-electron chi connectivity index (χ2n) is 9.28. The fraction of sp³-hybridized carbons (Fsp3) is 0.455. The van der Waals surface area contributed by atoms with Crippen molar-refractivity contribution in [3.05, 3.63) is 53.2 Å². The van der Waals surface area contributed by atoms with Crippen molar-refractivity contribution in [1.29, 1.82) is 0 Å². The highest BCUT2D eigenvalue weighted by Gasteiger charge is 2.30. The van der Waals surface area contributed by atoms with Crippen LogP contribution in [0, 0.1) is 5.82 Å². The molecule has 2 aliphatic rings. The van der Waals surface area contributed by atoms with Gasteiger partial charge in [0.2, 0.25) is 0 Å². The Labute approximate surface area is 180 Å². The van der Waals surface area contributed by atoms with E-state index in [0.717, 1.165) is 29.9 Å². The van der Waals surface area contributed by atoms with Crippen LogP contribution in [0.1, 0.15) is 68.8 Å². The quantitative estimate of drug-likeness (QED) is 0.487. The summed E-state index contributed by atoms with van der Waals surface area (Å²) in [4.78, 5) is 0.950. The van der Waals surface area contributed by atoms with Gasteiger partial charge in [-0.1, -0.05) is 20.8 Å². The summed E-state index contributed by atoms with van der Waals surface area (Å²) in [6.07, 6.45) is 7.40. The molecule has 6 nitrogen and oxygen atoms in total. The molecule has 3 aromatic rings. The van der Waals surface area contributed by atoms with Crippen molar-refractivity contribution < 1.29 is 4.39 Å². The lowest BCUT2D eigenvalue weighted by Crippen LogP contribution is -2.10. The number of anilines is 2. The van der Waals surface area contributed by atoms with Gasteiger partial charge in [-0.15, -0.1) is 0 Å². The highest BCUT2D eigenvalue weighted by molar-refractivity contribution is 7.97. The molecule has 1 aliphatic heterocycles. The number of halogens is 1. The van der Waals surface area contributed by atoms with Crippen molar-refractivity contribution >= 4 is 23.5 Å². The van der Waals surface area contributed by atoms with Gasteiger partial charge in [0, 0.05) is 40.9 Å². The van der Waals surface area contributed by atoms with Gasteiger partial charge in [-0.25, -0.2) is 4.39 Å². The van der Waals surface area contributed by atoms with Crippen LogP contribution in [0.3, 0.4) is 0 Å². The van der Waals surface area contributed by atoms with E-state index in [1.54, 1.807) is 6.07 Å². The molecule has 2 unspecified atom stereocenters. The van der Waals surface area contributed by atoms with Gasteiger partial charge in [0.05, 0.1) is 17.9 Å². The zero-order valence-corrected chi connectivity index (χ0v) is 18.3. The predicted molar refractivity (Wildman–Crippen MR) is 118 cm³/mol. The third-order valence-electron chi connectivity index (χ3n) is 6.18. The lowest BCUT2D eigenvalue weighted by atomic mass is 9.90. The van der Waals surface area contributed by atoms with Crippen LogP contribution in [0.15, 0.2) is 35.5 Å². The van der Waals surface area contributed by atoms with Gasteiger partial charge in [-0.2, -0.15) is 10.2 Å². The molecule has 0 bridgehead atoms. The molecule has 0 amide bonds. The number of aromatic amines is 1. The first-order valence-electron chi connectivity index (χ1n) is 10.5. The number of rotatable bonds is 4. The van der Waals surface area contributed by atoms with Gasteiger partial charge in [0.15, 0.2) is 11.6 Å². The second kappa shape index (κ2) is 7.42. The third kappa shape index (κ3) is 3.63. The molecule has 1 fully saturated rings. The second-order valence-corrected chi connectivity index (χ2v) is 10.2. The SMILES string of the molecule is CC(C)(C)c1cnn(C2CCC(c3cc(Nc4ccc5c(c4F)CNS5)n[nH]3)C2)c1. The van der Waals surface area contributed by atoms with E-state index in [1.807, 2.05) is 18.3 Å². The fourth-order valence-electron chi connectivity index (χ4n) is 4.30. The monoisotopic (exact) mass is 426 g/mol. The van der Waals surface area contributed by atoms with E-state index >= 15 is 0 Å². The average Bonchev–Trinajstić information content (AvgIpc) is 3.49. The number of H-pyrrole nitrogens is 1. The minimum absolute atomic E-state index is 0.113. The van der Waals surface area contributed by atoms with Crippen LogP contribution in [0.2, 0.25) is 0 Å². The molecule has 1 aliphatic carbocycles. The van der Waals surface area contributed by atoms with Crippen LogP contribution in [0.25, 0.3) is 0 Å². The molecule has 30 heavy (non-hydrogen) atoms. The van der Waals surface area contributed by atoms with Crippen molar-refractivity contribution in [2.24, 2.45) is 0 Å². The maximum Gasteiger partial charge on any atom is 0.152 e. The molecule has 2 aromatic heterocycles. The standard InChI is InChI=1S/C22H27FN6S/c1-22(2,3)14-10-24-29(12-14)15-5-4-13(8-15)18-9-20(28-27-18)26-17-6-7-19-16(21(17)23)11-25-30-19/h6-7,9-10,12-13,15,25H,4-5,8,11H2,1-3H3,(H2,26,27,28). The number of hydrogen-bond donors (Lipinski definition) is 3. The Morgan fingerprint density at radius 2 is 2.13 bits per heavy atom. The minimum atomic E-state index is -0.205. The van der Waals surface area contributed by atoms with Crippen LogP contribution < -0.4 is 10.0 Å². The molecule has 158 valence electrons. The van der Waals surface area contributed by atoms with E-state index in [-0.39, 0.29) is 11.2 Å². The van der Waals surface area contributed by atoms with Crippen LogP contribution in [0.5, 0.6) is 0 Å². The van der Waals surface area contributed by atoms with Crippen molar-refractivity contribution in [2.75, 3.05) is 5.32 Å². The van der Waals surface area contributed by atoms with Gasteiger partial charge in [-0.05, 0) is 54.3 Å². The molecule has 0 saturated heterocycles. The Morgan fingerprint density at radius 3 is 2.93 bits per heavy atom. The molecule has 3 heterocycles. The summed E-state index contributed by atoms with van der Waals surface area (Å²) in [5, 5.41) is 15.3. The first-order valence-corrected chi connectivity index (χ1v) is 11.3. The molecule has 5 rings (SSSR count). The first-order chi connectivity index (χ1) is 14.4. The summed E-state index contributed by atoms with van der Waals surface area (Å²) in [7, 11) is 0. The maximum atomic E-state index is 14.7. The Bertz CT molecular complexity index is 1070. The molecule has 0 spiro atoms. The summed E-state index contributed by atoms with van der Waals surface area (Å²) >= 11 is 1.47. The highest BCUT2D eigenvalue weighted by atomic mass is 32.2.